The average Bonchev–Trinajstić information content (AvgIpc) is 2.33. The molecule has 0 aliphatic heterocycles. The number of nitrogens with zero attached hydrogens (tertiary/aromatic N) is 1. The van der Waals surface area contributed by atoms with Crippen molar-refractivity contribution in [3.05, 3.63) is 23.4 Å². The third kappa shape index (κ3) is 2.61. The highest BCUT2D eigenvalue weighted by atomic mass is 16.5. The van der Waals surface area contributed by atoms with Crippen LogP contribution in [0.3, 0.4) is 0 Å². The van der Waals surface area contributed by atoms with E-state index in [4.69, 9.17) is 5.73 Å². The van der Waals surface area contributed by atoms with E-state index in [-0.39, 0.29) is 11.5 Å². The number of esters is 1. The molecule has 0 spiro atoms. The quantitative estimate of drug-likeness (QED) is 0.790. The van der Waals surface area contributed by atoms with Crippen LogP contribution in [0, 0.1) is 6.92 Å². The molecule has 3 N–H and O–H groups in total. The van der Waals surface area contributed by atoms with Crippen molar-refractivity contribution in [2.75, 3.05) is 19.0 Å². The van der Waals surface area contributed by atoms with E-state index >= 15 is 0 Å². The predicted molar refractivity (Wildman–Crippen MR) is 69.6 cm³/mol. The molecule has 1 aliphatic carbocycles. The van der Waals surface area contributed by atoms with Crippen LogP contribution in [0.5, 0.6) is 0 Å². The summed E-state index contributed by atoms with van der Waals surface area (Å²) in [4.78, 5) is 15.8. The first-order valence-corrected chi connectivity index (χ1v) is 6.13. The summed E-state index contributed by atoms with van der Waals surface area (Å²) in [6, 6.07) is 3.50. The molecule has 1 aromatic heterocycles. The number of aryl methyl sites for hydroxylation is 1. The molecule has 1 aliphatic rings. The number of methoxy groups -OCH3 is 1. The summed E-state index contributed by atoms with van der Waals surface area (Å²) in [6.07, 6.45) is 3.31. The van der Waals surface area contributed by atoms with Gasteiger partial charge in [0.2, 0.25) is 0 Å². The fourth-order valence-corrected chi connectivity index (χ4v) is 2.06. The first-order valence-electron chi connectivity index (χ1n) is 6.13. The molecule has 0 atom stereocenters. The van der Waals surface area contributed by atoms with Crippen molar-refractivity contribution in [1.29, 1.82) is 0 Å². The molecule has 1 fully saturated rings. The normalized spacial score (nSPS) is 16.8. The molecular weight excluding hydrogens is 230 g/mol. The van der Waals surface area contributed by atoms with Gasteiger partial charge in [0, 0.05) is 12.1 Å². The molecule has 1 saturated carbocycles. The van der Waals surface area contributed by atoms with Crippen molar-refractivity contribution in [2.24, 2.45) is 5.73 Å². The molecule has 2 rings (SSSR count). The first kappa shape index (κ1) is 12.8. The van der Waals surface area contributed by atoms with Gasteiger partial charge in [-0.1, -0.05) is 0 Å². The van der Waals surface area contributed by atoms with E-state index in [2.05, 4.69) is 15.0 Å². The van der Waals surface area contributed by atoms with E-state index in [0.717, 1.165) is 25.2 Å². The van der Waals surface area contributed by atoms with E-state index < -0.39 is 0 Å². The maximum Gasteiger partial charge on any atom is 0.339 e. The highest BCUT2D eigenvalue weighted by Gasteiger charge is 2.32. The molecule has 0 radical (unpaired) electrons. The summed E-state index contributed by atoms with van der Waals surface area (Å²) < 4.78 is 4.68. The van der Waals surface area contributed by atoms with Crippen molar-refractivity contribution in [3.8, 4) is 0 Å². The molecule has 0 saturated heterocycles. The number of carbonyl (C=O) groups is 1. The lowest BCUT2D eigenvalue weighted by Gasteiger charge is -2.38. The number of pyridine rings is 1. The van der Waals surface area contributed by atoms with E-state index in [9.17, 15) is 4.79 Å². The van der Waals surface area contributed by atoms with Crippen LogP contribution in [0.1, 0.15) is 35.3 Å². The van der Waals surface area contributed by atoms with Crippen LogP contribution in [-0.2, 0) is 4.74 Å². The Morgan fingerprint density at radius 2 is 2.28 bits per heavy atom. The van der Waals surface area contributed by atoms with Gasteiger partial charge in [-0.3, -0.25) is 0 Å². The fraction of sp³-hybridized carbons (Fsp3) is 0.538. The Balaban J connectivity index is 2.02. The Bertz CT molecular complexity index is 456. The number of aromatic nitrogens is 1. The van der Waals surface area contributed by atoms with Gasteiger partial charge in [0.25, 0.3) is 0 Å². The minimum absolute atomic E-state index is 0.0867. The molecule has 1 heterocycles. The van der Waals surface area contributed by atoms with Crippen molar-refractivity contribution in [2.45, 2.75) is 31.7 Å². The topological polar surface area (TPSA) is 77.2 Å². The van der Waals surface area contributed by atoms with Gasteiger partial charge in [0.15, 0.2) is 0 Å². The minimum Gasteiger partial charge on any atom is -0.465 e. The average molecular weight is 249 g/mol. The summed E-state index contributed by atoms with van der Waals surface area (Å²) in [5.41, 5.74) is 7.19. The van der Waals surface area contributed by atoms with Crippen molar-refractivity contribution in [3.63, 3.8) is 0 Å². The SMILES string of the molecule is COC(=O)c1ccc(NCC2(N)CCC2)nc1C. The molecule has 5 nitrogen and oxygen atoms in total. The predicted octanol–water partition coefficient (Wildman–Crippen LogP) is 1.47. The number of rotatable bonds is 4. The molecule has 18 heavy (non-hydrogen) atoms. The minimum atomic E-state index is -0.360. The van der Waals surface area contributed by atoms with Crippen LogP contribution in [0.2, 0.25) is 0 Å². The Hall–Kier alpha value is -1.62. The number of hydrogen-bond acceptors (Lipinski definition) is 5. The Kier molecular flexibility index (Phi) is 3.52. The Morgan fingerprint density at radius 1 is 1.56 bits per heavy atom. The molecule has 0 amide bonds. The number of hydrogen-bond donors (Lipinski definition) is 2. The van der Waals surface area contributed by atoms with Gasteiger partial charge in [-0.15, -0.1) is 0 Å². The third-order valence-electron chi connectivity index (χ3n) is 3.46. The van der Waals surface area contributed by atoms with Gasteiger partial charge < -0.3 is 15.8 Å². The molecule has 5 heteroatoms. The van der Waals surface area contributed by atoms with Gasteiger partial charge in [-0.2, -0.15) is 0 Å². The molecular formula is C13H19N3O2. The summed E-state index contributed by atoms with van der Waals surface area (Å²) in [5.74, 6) is 0.387. The second-order valence-electron chi connectivity index (χ2n) is 4.89. The molecule has 0 unspecified atom stereocenters. The second kappa shape index (κ2) is 4.94. The monoisotopic (exact) mass is 249 g/mol. The van der Waals surface area contributed by atoms with Gasteiger partial charge >= 0.3 is 5.97 Å². The van der Waals surface area contributed by atoms with Crippen LogP contribution in [0.25, 0.3) is 0 Å². The molecule has 1 aromatic rings. The lowest BCUT2D eigenvalue weighted by atomic mass is 9.78. The van der Waals surface area contributed by atoms with Crippen LogP contribution < -0.4 is 11.1 Å². The summed E-state index contributed by atoms with van der Waals surface area (Å²) in [6.45, 7) is 2.51. The summed E-state index contributed by atoms with van der Waals surface area (Å²) in [5, 5.41) is 3.22. The zero-order valence-electron chi connectivity index (χ0n) is 10.8. The van der Waals surface area contributed by atoms with Crippen molar-refractivity contribution < 1.29 is 9.53 Å². The molecule has 98 valence electrons. The van der Waals surface area contributed by atoms with Gasteiger partial charge in [0.05, 0.1) is 18.4 Å². The number of ether oxygens (including phenoxy) is 1. The zero-order chi connectivity index (χ0) is 13.2. The number of nitrogens with two attached hydrogens (primary N) is 1. The number of carbonyl (C=O) groups excluding carboxylic acids is 1. The van der Waals surface area contributed by atoms with Gasteiger partial charge in [-0.05, 0) is 38.3 Å². The second-order valence-corrected chi connectivity index (χ2v) is 4.89. The molecule has 0 aromatic carbocycles. The van der Waals surface area contributed by atoms with Gasteiger partial charge in [0.1, 0.15) is 5.82 Å². The van der Waals surface area contributed by atoms with E-state index in [0.29, 0.717) is 11.3 Å². The highest BCUT2D eigenvalue weighted by Crippen LogP contribution is 2.29. The third-order valence-corrected chi connectivity index (χ3v) is 3.46. The maximum absolute atomic E-state index is 11.4. The van der Waals surface area contributed by atoms with E-state index in [1.165, 1.54) is 13.5 Å². The van der Waals surface area contributed by atoms with Crippen molar-refractivity contribution in [1.82, 2.24) is 4.98 Å². The number of anilines is 1. The largest absolute Gasteiger partial charge is 0.465 e. The molecule has 0 bridgehead atoms. The smallest absolute Gasteiger partial charge is 0.339 e. The lowest BCUT2D eigenvalue weighted by Crippen LogP contribution is -2.52. The van der Waals surface area contributed by atoms with E-state index in [1.807, 2.05) is 0 Å². The van der Waals surface area contributed by atoms with Crippen LogP contribution >= 0.6 is 0 Å². The van der Waals surface area contributed by atoms with Crippen LogP contribution in [0.15, 0.2) is 12.1 Å². The Morgan fingerprint density at radius 3 is 2.78 bits per heavy atom. The van der Waals surface area contributed by atoms with Crippen LogP contribution in [0.4, 0.5) is 5.82 Å². The van der Waals surface area contributed by atoms with Crippen molar-refractivity contribution >= 4 is 11.8 Å². The van der Waals surface area contributed by atoms with Crippen LogP contribution in [-0.4, -0.2) is 30.1 Å². The fourth-order valence-electron chi connectivity index (χ4n) is 2.06. The summed E-state index contributed by atoms with van der Waals surface area (Å²) >= 11 is 0. The zero-order valence-corrected chi connectivity index (χ0v) is 10.8. The highest BCUT2D eigenvalue weighted by molar-refractivity contribution is 5.90. The standard InChI is InChI=1S/C13H19N3O2/c1-9-10(12(17)18-2)4-5-11(16-9)15-8-13(14)6-3-7-13/h4-5H,3,6-8,14H2,1-2H3,(H,15,16). The first-order chi connectivity index (χ1) is 8.54. The lowest BCUT2D eigenvalue weighted by molar-refractivity contribution is 0.0599. The van der Waals surface area contributed by atoms with E-state index in [1.54, 1.807) is 19.1 Å². The summed E-state index contributed by atoms with van der Waals surface area (Å²) in [7, 11) is 1.36. The van der Waals surface area contributed by atoms with Gasteiger partial charge in [-0.25, -0.2) is 9.78 Å². The number of nitrogens with one attached hydrogen (secondary N) is 1. The maximum atomic E-state index is 11.4. The Labute approximate surface area is 107 Å².